The van der Waals surface area contributed by atoms with E-state index in [2.05, 4.69) is 0 Å². The molecule has 1 amide bonds. The third kappa shape index (κ3) is 4.69. The van der Waals surface area contributed by atoms with Crippen molar-refractivity contribution in [3.05, 3.63) is 47.5 Å². The summed E-state index contributed by atoms with van der Waals surface area (Å²) in [5.74, 6) is 0.676. The molecule has 0 saturated carbocycles. The zero-order valence-electron chi connectivity index (χ0n) is 14.2. The fraction of sp³-hybridized carbons (Fsp3) is 0.278. The summed E-state index contributed by atoms with van der Waals surface area (Å²) in [5, 5.41) is 10.3. The van der Waals surface area contributed by atoms with Gasteiger partial charge in [-0.3, -0.25) is 0 Å². The predicted octanol–water partition coefficient (Wildman–Crippen LogP) is 2.76. The summed E-state index contributed by atoms with van der Waals surface area (Å²) in [4.78, 5) is 11.3. The molecule has 0 fully saturated rings. The molecule has 0 radical (unpaired) electrons. The number of phenolic OH excluding ortho intramolecular Hbond substituents is 1. The summed E-state index contributed by atoms with van der Waals surface area (Å²) in [7, 11) is 2.94. The van der Waals surface area contributed by atoms with E-state index in [1.807, 2.05) is 12.1 Å². The Bertz CT molecular complexity index is 731. The van der Waals surface area contributed by atoms with Crippen LogP contribution in [0.1, 0.15) is 23.7 Å². The number of benzene rings is 2. The number of primary amides is 1. The first kappa shape index (κ1) is 18.3. The summed E-state index contributed by atoms with van der Waals surface area (Å²) >= 11 is 0. The molecule has 0 saturated heterocycles. The van der Waals surface area contributed by atoms with E-state index in [4.69, 9.17) is 25.7 Å². The van der Waals surface area contributed by atoms with Crippen LogP contribution in [0.5, 0.6) is 17.2 Å². The van der Waals surface area contributed by atoms with Crippen LogP contribution in [0.25, 0.3) is 0 Å². The summed E-state index contributed by atoms with van der Waals surface area (Å²) in [6.07, 6.45) is -0.703. The number of hydrogen-bond donors (Lipinski definition) is 3. The Balaban J connectivity index is 2.30. The highest BCUT2D eigenvalue weighted by Gasteiger charge is 2.24. The molecule has 0 heterocycles. The number of methoxy groups -OCH3 is 2. The van der Waals surface area contributed by atoms with Crippen molar-refractivity contribution >= 4 is 11.8 Å². The molecule has 2 aromatic carbocycles. The van der Waals surface area contributed by atoms with Crippen molar-refractivity contribution in [2.75, 3.05) is 20.0 Å². The molecule has 0 aliphatic rings. The van der Waals surface area contributed by atoms with Gasteiger partial charge in [-0.25, -0.2) is 4.79 Å². The van der Waals surface area contributed by atoms with Gasteiger partial charge in [0.2, 0.25) is 0 Å². The minimum Gasteiger partial charge on any atom is -0.507 e. The van der Waals surface area contributed by atoms with Crippen LogP contribution in [0.15, 0.2) is 36.4 Å². The monoisotopic (exact) mass is 346 g/mol. The van der Waals surface area contributed by atoms with Gasteiger partial charge in [-0.05, 0) is 30.5 Å². The minimum atomic E-state index is -0.931. The third-order valence-corrected chi connectivity index (χ3v) is 3.80. The van der Waals surface area contributed by atoms with Crippen molar-refractivity contribution in [1.82, 2.24) is 0 Å². The zero-order chi connectivity index (χ0) is 18.4. The number of rotatable bonds is 7. The first-order chi connectivity index (χ1) is 11.9. The van der Waals surface area contributed by atoms with Crippen molar-refractivity contribution in [2.24, 2.45) is 5.73 Å². The standard InChI is InChI=1S/C18H22N2O5/c1-23-13-9-14(21)17(16(10-13)24-2)15(25-18(20)22)8-5-11-3-6-12(19)7-4-11/h3-4,6-7,9-10,15,21H,5,8,19H2,1-2H3,(H2,20,22). The molecule has 0 aromatic heterocycles. The summed E-state index contributed by atoms with van der Waals surface area (Å²) in [6.45, 7) is 0. The van der Waals surface area contributed by atoms with Gasteiger partial charge in [-0.1, -0.05) is 12.1 Å². The van der Waals surface area contributed by atoms with Gasteiger partial charge >= 0.3 is 6.09 Å². The molecule has 134 valence electrons. The smallest absolute Gasteiger partial charge is 0.405 e. The molecule has 0 aliphatic heterocycles. The van der Waals surface area contributed by atoms with Gasteiger partial charge in [0.05, 0.1) is 19.8 Å². The fourth-order valence-electron chi connectivity index (χ4n) is 2.58. The summed E-state index contributed by atoms with van der Waals surface area (Å²) in [6, 6.07) is 10.4. The molecular weight excluding hydrogens is 324 g/mol. The van der Waals surface area contributed by atoms with Crippen LogP contribution in [-0.4, -0.2) is 25.4 Å². The lowest BCUT2D eigenvalue weighted by Gasteiger charge is -2.21. The summed E-state index contributed by atoms with van der Waals surface area (Å²) in [5.41, 5.74) is 12.9. The Hall–Kier alpha value is -3.09. The number of hydrogen-bond acceptors (Lipinski definition) is 6. The molecule has 25 heavy (non-hydrogen) atoms. The average molecular weight is 346 g/mol. The van der Waals surface area contributed by atoms with Crippen LogP contribution in [0.3, 0.4) is 0 Å². The topological polar surface area (TPSA) is 117 Å². The van der Waals surface area contributed by atoms with E-state index >= 15 is 0 Å². The maximum absolute atomic E-state index is 11.3. The van der Waals surface area contributed by atoms with Gasteiger partial charge in [0.1, 0.15) is 23.4 Å². The highest BCUT2D eigenvalue weighted by Crippen LogP contribution is 2.40. The highest BCUT2D eigenvalue weighted by molar-refractivity contribution is 5.65. The Kier molecular flexibility index (Phi) is 5.94. The number of amides is 1. The number of nitrogens with two attached hydrogens (primary N) is 2. The van der Waals surface area contributed by atoms with E-state index < -0.39 is 12.2 Å². The fourth-order valence-corrected chi connectivity index (χ4v) is 2.58. The molecule has 7 heteroatoms. The van der Waals surface area contributed by atoms with Gasteiger partial charge in [0.25, 0.3) is 0 Å². The van der Waals surface area contributed by atoms with E-state index in [0.29, 0.717) is 35.6 Å². The Morgan fingerprint density at radius 1 is 1.16 bits per heavy atom. The van der Waals surface area contributed by atoms with Crippen LogP contribution in [0, 0.1) is 0 Å². The number of nitrogen functional groups attached to an aromatic ring is 1. The van der Waals surface area contributed by atoms with E-state index in [9.17, 15) is 9.90 Å². The second-order valence-corrected chi connectivity index (χ2v) is 5.47. The molecule has 0 aliphatic carbocycles. The lowest BCUT2D eigenvalue weighted by molar-refractivity contribution is 0.0981. The molecule has 2 aromatic rings. The normalized spacial score (nSPS) is 11.6. The molecule has 5 N–H and O–H groups in total. The van der Waals surface area contributed by atoms with Crippen LogP contribution >= 0.6 is 0 Å². The maximum atomic E-state index is 11.3. The van der Waals surface area contributed by atoms with Crippen molar-refractivity contribution in [3.63, 3.8) is 0 Å². The number of anilines is 1. The number of ether oxygens (including phenoxy) is 3. The van der Waals surface area contributed by atoms with E-state index in [0.717, 1.165) is 5.56 Å². The van der Waals surface area contributed by atoms with Crippen LogP contribution in [0.4, 0.5) is 10.5 Å². The second kappa shape index (κ2) is 8.14. The largest absolute Gasteiger partial charge is 0.507 e. The summed E-state index contributed by atoms with van der Waals surface area (Å²) < 4.78 is 15.6. The number of aryl methyl sites for hydroxylation is 1. The Labute approximate surface area is 146 Å². The van der Waals surface area contributed by atoms with E-state index in [-0.39, 0.29) is 5.75 Å². The molecule has 1 unspecified atom stereocenters. The van der Waals surface area contributed by atoms with Crippen LogP contribution in [-0.2, 0) is 11.2 Å². The van der Waals surface area contributed by atoms with Gasteiger partial charge in [-0.2, -0.15) is 0 Å². The van der Waals surface area contributed by atoms with Gasteiger partial charge in [0.15, 0.2) is 0 Å². The van der Waals surface area contributed by atoms with Crippen molar-refractivity contribution in [3.8, 4) is 17.2 Å². The van der Waals surface area contributed by atoms with Gasteiger partial charge < -0.3 is 30.8 Å². The Morgan fingerprint density at radius 2 is 1.84 bits per heavy atom. The predicted molar refractivity (Wildman–Crippen MR) is 93.8 cm³/mol. The number of carbonyl (C=O) groups is 1. The molecule has 2 rings (SSSR count). The highest BCUT2D eigenvalue weighted by atomic mass is 16.6. The maximum Gasteiger partial charge on any atom is 0.405 e. The third-order valence-electron chi connectivity index (χ3n) is 3.80. The quantitative estimate of drug-likeness (QED) is 0.664. The molecule has 1 atom stereocenters. The van der Waals surface area contributed by atoms with Crippen LogP contribution < -0.4 is 20.9 Å². The van der Waals surface area contributed by atoms with Crippen molar-refractivity contribution in [1.29, 1.82) is 0 Å². The second-order valence-electron chi connectivity index (χ2n) is 5.47. The van der Waals surface area contributed by atoms with Crippen molar-refractivity contribution < 1.29 is 24.1 Å². The number of aromatic hydroxyl groups is 1. The number of phenols is 1. The van der Waals surface area contributed by atoms with E-state index in [1.165, 1.54) is 20.3 Å². The van der Waals surface area contributed by atoms with Gasteiger partial charge in [-0.15, -0.1) is 0 Å². The van der Waals surface area contributed by atoms with Gasteiger partial charge in [0, 0.05) is 17.8 Å². The molecule has 7 nitrogen and oxygen atoms in total. The number of carbonyl (C=O) groups excluding carboxylic acids is 1. The SMILES string of the molecule is COc1cc(O)c(C(CCc2ccc(N)cc2)OC(N)=O)c(OC)c1. The molecule has 0 bridgehead atoms. The average Bonchev–Trinajstić information content (AvgIpc) is 2.59. The lowest BCUT2D eigenvalue weighted by Crippen LogP contribution is -2.18. The minimum absolute atomic E-state index is 0.0974. The lowest BCUT2D eigenvalue weighted by atomic mass is 9.99. The first-order valence-corrected chi connectivity index (χ1v) is 7.70. The Morgan fingerprint density at radius 3 is 2.40 bits per heavy atom. The van der Waals surface area contributed by atoms with E-state index in [1.54, 1.807) is 18.2 Å². The first-order valence-electron chi connectivity index (χ1n) is 7.70. The van der Waals surface area contributed by atoms with Crippen molar-refractivity contribution in [2.45, 2.75) is 18.9 Å². The zero-order valence-corrected chi connectivity index (χ0v) is 14.2. The van der Waals surface area contributed by atoms with Crippen LogP contribution in [0.2, 0.25) is 0 Å². The molecule has 0 spiro atoms. The molecular formula is C18H22N2O5.